The largest absolute Gasteiger partial charge is 0.508 e. The second-order valence-corrected chi connectivity index (χ2v) is 10.0. The number of piperidine rings is 1. The highest BCUT2D eigenvalue weighted by molar-refractivity contribution is 6.22. The normalized spacial score (nSPS) is 29.4. The van der Waals surface area contributed by atoms with Crippen molar-refractivity contribution in [1.82, 2.24) is 5.32 Å². The molecule has 5 rings (SSSR count). The number of rotatable bonds is 3. The molecule has 0 spiro atoms. The third-order valence-electron chi connectivity index (χ3n) is 7.89. The Kier molecular flexibility index (Phi) is 5.83. The highest BCUT2D eigenvalue weighted by Gasteiger charge is 2.60. The Bertz CT molecular complexity index is 1330. The van der Waals surface area contributed by atoms with Gasteiger partial charge in [-0.05, 0) is 38.1 Å². The summed E-state index contributed by atoms with van der Waals surface area (Å²) in [7, 11) is 0. The minimum Gasteiger partial charge on any atom is -0.508 e. The summed E-state index contributed by atoms with van der Waals surface area (Å²) in [6.45, 7) is 0.632. The van der Waals surface area contributed by atoms with Crippen LogP contribution in [0.15, 0.2) is 23.0 Å². The number of aliphatic hydroxyl groups is 3. The Hall–Kier alpha value is -3.77. The molecule has 4 atom stereocenters. The van der Waals surface area contributed by atoms with Gasteiger partial charge in [0.25, 0.3) is 5.91 Å². The van der Waals surface area contributed by atoms with E-state index in [0.717, 1.165) is 18.9 Å². The van der Waals surface area contributed by atoms with Crippen LogP contribution in [-0.4, -0.2) is 62.0 Å². The molecule has 0 radical (unpaired) electrons. The average Bonchev–Trinajstić information content (AvgIpc) is 2.84. The van der Waals surface area contributed by atoms with Crippen LogP contribution in [0.4, 0.5) is 10.1 Å². The monoisotopic (exact) mass is 515 g/mol. The number of aliphatic hydroxyl groups excluding tert-OH is 2. The molecule has 8 N–H and O–H groups in total. The average molecular weight is 515 g/mol. The molecule has 196 valence electrons. The van der Waals surface area contributed by atoms with Crippen LogP contribution in [0.1, 0.15) is 43.2 Å². The smallest absolute Gasteiger partial charge is 0.255 e. The number of anilines is 1. The molecule has 1 aromatic carbocycles. The van der Waals surface area contributed by atoms with Crippen LogP contribution in [0.25, 0.3) is 5.76 Å². The third kappa shape index (κ3) is 3.62. The van der Waals surface area contributed by atoms with Crippen LogP contribution < -0.4 is 16.4 Å². The molecule has 1 heterocycles. The lowest BCUT2D eigenvalue weighted by Gasteiger charge is -2.46. The fourth-order valence-corrected chi connectivity index (χ4v) is 6.03. The quantitative estimate of drug-likeness (QED) is 0.223. The van der Waals surface area contributed by atoms with Crippen LogP contribution in [0.5, 0.6) is 5.75 Å². The zero-order chi connectivity index (χ0) is 26.8. The number of fused-ring (bicyclic) bond motifs is 3. The number of halogens is 1. The number of phenolic OH excluding ortho intramolecular Hbond substituents is 1. The second-order valence-electron chi connectivity index (χ2n) is 10.0. The molecule has 2 fully saturated rings. The van der Waals surface area contributed by atoms with Crippen molar-refractivity contribution in [2.45, 2.75) is 50.2 Å². The molecule has 0 aromatic heterocycles. The number of nitrogens with two attached hydrogens (primary N) is 1. The van der Waals surface area contributed by atoms with Gasteiger partial charge >= 0.3 is 0 Å². The fourth-order valence-electron chi connectivity index (χ4n) is 6.03. The van der Waals surface area contributed by atoms with Gasteiger partial charge < -0.3 is 36.8 Å². The predicted molar refractivity (Wildman–Crippen MR) is 126 cm³/mol. The Morgan fingerprint density at radius 2 is 1.89 bits per heavy atom. The number of amides is 2. The van der Waals surface area contributed by atoms with E-state index >= 15 is 4.39 Å². The summed E-state index contributed by atoms with van der Waals surface area (Å²) in [6, 6.07) is 0.393. The van der Waals surface area contributed by atoms with E-state index in [9.17, 15) is 39.6 Å². The van der Waals surface area contributed by atoms with Crippen LogP contribution in [0.2, 0.25) is 0 Å². The van der Waals surface area contributed by atoms with Crippen LogP contribution in [0.3, 0.4) is 0 Å². The standard InChI is InChI=1S/C25H26FN3O8/c26-12-8-14(29-24(36)13-3-1-2-4-28-13)19(31)17-11(12)6-9-5-10-7-15(30)18(23(27)35)22(34)25(10,37)21(33)16(9)20(17)32/h8-10,13,28,31-32,34,37H,1-7H2,(H2,27,35)(H,29,36)/t9?,10-,13?,25-/m0/s1. The summed E-state index contributed by atoms with van der Waals surface area (Å²) in [4.78, 5) is 50.2. The van der Waals surface area contributed by atoms with Gasteiger partial charge in [-0.25, -0.2) is 4.39 Å². The number of phenols is 1. The van der Waals surface area contributed by atoms with Gasteiger partial charge in [-0.2, -0.15) is 0 Å². The van der Waals surface area contributed by atoms with E-state index in [2.05, 4.69) is 10.6 Å². The van der Waals surface area contributed by atoms with E-state index in [1.165, 1.54) is 0 Å². The Balaban J connectivity index is 1.58. The van der Waals surface area contributed by atoms with Crippen molar-refractivity contribution in [2.24, 2.45) is 17.6 Å². The maximum absolute atomic E-state index is 15.2. The third-order valence-corrected chi connectivity index (χ3v) is 7.89. The summed E-state index contributed by atoms with van der Waals surface area (Å²) in [5.41, 5.74) is 0.361. The van der Waals surface area contributed by atoms with Crippen molar-refractivity contribution in [3.8, 4) is 5.75 Å². The predicted octanol–water partition coefficient (Wildman–Crippen LogP) is 0.644. The molecular weight excluding hydrogens is 489 g/mol. The molecule has 4 aliphatic rings. The first-order valence-electron chi connectivity index (χ1n) is 12.0. The van der Waals surface area contributed by atoms with Crippen molar-refractivity contribution in [3.63, 3.8) is 0 Å². The SMILES string of the molecule is NC(=O)C1=C(O)[C@@]2(O)C(=O)C3=C(O)c4c(O)c(NC(=O)C5CCCCN5)cc(F)c4CC3C[C@H]2CC1=O. The lowest BCUT2D eigenvalue weighted by molar-refractivity contribution is -0.147. The van der Waals surface area contributed by atoms with Crippen molar-refractivity contribution in [1.29, 1.82) is 0 Å². The fraction of sp³-hybridized carbons (Fsp3) is 0.440. The van der Waals surface area contributed by atoms with Gasteiger partial charge in [0.15, 0.2) is 17.1 Å². The molecule has 1 aromatic rings. The van der Waals surface area contributed by atoms with E-state index < -0.39 is 87.5 Å². The van der Waals surface area contributed by atoms with Gasteiger partial charge in [0.1, 0.15) is 22.9 Å². The number of hydrogen-bond acceptors (Lipinski definition) is 9. The van der Waals surface area contributed by atoms with Gasteiger partial charge in [0, 0.05) is 29.5 Å². The van der Waals surface area contributed by atoms with E-state index in [1.807, 2.05) is 0 Å². The summed E-state index contributed by atoms with van der Waals surface area (Å²) < 4.78 is 15.2. The minimum atomic E-state index is -2.71. The summed E-state index contributed by atoms with van der Waals surface area (Å²) in [6.07, 6.45) is 1.56. The molecule has 3 aliphatic carbocycles. The molecule has 0 bridgehead atoms. The Labute approximate surface area is 209 Å². The number of primary amides is 1. The second kappa shape index (κ2) is 8.67. The zero-order valence-electron chi connectivity index (χ0n) is 19.6. The summed E-state index contributed by atoms with van der Waals surface area (Å²) in [5, 5.41) is 49.4. The zero-order valence-corrected chi connectivity index (χ0v) is 19.6. The number of carbonyl (C=O) groups is 4. The van der Waals surface area contributed by atoms with Gasteiger partial charge in [0.05, 0.1) is 17.3 Å². The number of hydrogen-bond donors (Lipinski definition) is 7. The molecule has 1 aliphatic heterocycles. The van der Waals surface area contributed by atoms with Crippen molar-refractivity contribution >= 4 is 34.8 Å². The van der Waals surface area contributed by atoms with E-state index in [-0.39, 0.29) is 29.7 Å². The Morgan fingerprint density at radius 3 is 2.54 bits per heavy atom. The number of carbonyl (C=O) groups excluding carboxylic acids is 4. The van der Waals surface area contributed by atoms with Crippen molar-refractivity contribution < 1.29 is 44.0 Å². The lowest BCUT2D eigenvalue weighted by Crippen LogP contribution is -2.58. The molecule has 1 saturated heterocycles. The first-order chi connectivity index (χ1) is 17.5. The van der Waals surface area contributed by atoms with Crippen LogP contribution in [-0.2, 0) is 25.6 Å². The molecule has 1 saturated carbocycles. The molecule has 37 heavy (non-hydrogen) atoms. The first-order valence-corrected chi connectivity index (χ1v) is 12.0. The van der Waals surface area contributed by atoms with E-state index in [0.29, 0.717) is 13.0 Å². The number of aromatic hydroxyl groups is 1. The summed E-state index contributed by atoms with van der Waals surface area (Å²) >= 11 is 0. The number of nitrogens with one attached hydrogen (secondary N) is 2. The maximum Gasteiger partial charge on any atom is 0.255 e. The Morgan fingerprint density at radius 1 is 1.16 bits per heavy atom. The van der Waals surface area contributed by atoms with Gasteiger partial charge in [-0.3, -0.25) is 19.2 Å². The van der Waals surface area contributed by atoms with Crippen molar-refractivity contribution in [3.05, 3.63) is 39.9 Å². The number of benzene rings is 1. The maximum atomic E-state index is 15.2. The highest BCUT2D eigenvalue weighted by Crippen LogP contribution is 2.53. The summed E-state index contributed by atoms with van der Waals surface area (Å²) in [5.74, 6) is -9.33. The molecule has 11 nitrogen and oxygen atoms in total. The molecule has 2 unspecified atom stereocenters. The molecule has 12 heteroatoms. The van der Waals surface area contributed by atoms with Crippen molar-refractivity contribution in [2.75, 3.05) is 11.9 Å². The lowest BCUT2D eigenvalue weighted by atomic mass is 9.59. The van der Waals surface area contributed by atoms with Gasteiger partial charge in [0.2, 0.25) is 11.7 Å². The van der Waals surface area contributed by atoms with Gasteiger partial charge in [-0.1, -0.05) is 6.42 Å². The minimum absolute atomic E-state index is 0.101. The number of ketones is 2. The van der Waals surface area contributed by atoms with E-state index in [1.54, 1.807) is 0 Å². The number of Topliss-reactive ketones (excluding diaryl/α,β-unsaturated/α-hetero) is 2. The highest BCUT2D eigenvalue weighted by atomic mass is 19.1. The molecule has 2 amide bonds. The first kappa shape index (κ1) is 24.9. The van der Waals surface area contributed by atoms with Gasteiger partial charge in [-0.15, -0.1) is 0 Å². The van der Waals surface area contributed by atoms with E-state index in [4.69, 9.17) is 5.73 Å². The van der Waals surface area contributed by atoms with Crippen LogP contribution in [0, 0.1) is 17.7 Å². The topological polar surface area (TPSA) is 199 Å². The molecular formula is C25H26FN3O8. The van der Waals surface area contributed by atoms with Crippen LogP contribution >= 0.6 is 0 Å².